The Labute approximate surface area is 218 Å². The average molecular weight is 549 g/mol. The molecule has 36 heavy (non-hydrogen) atoms. The minimum atomic E-state index is -3.42. The van der Waals surface area contributed by atoms with Crippen LogP contribution in [-0.4, -0.2) is 59.4 Å². The molecule has 1 amide bonds. The van der Waals surface area contributed by atoms with E-state index in [4.69, 9.17) is 21.1 Å². The fourth-order valence-electron chi connectivity index (χ4n) is 4.28. The molecule has 0 saturated heterocycles. The zero-order chi connectivity index (χ0) is 25.9. The summed E-state index contributed by atoms with van der Waals surface area (Å²) in [4.78, 5) is 26.4. The van der Waals surface area contributed by atoms with Gasteiger partial charge in [-0.1, -0.05) is 35.9 Å². The first-order valence-corrected chi connectivity index (χ1v) is 14.2. The summed E-state index contributed by atoms with van der Waals surface area (Å²) in [6.07, 6.45) is 1.08. The highest BCUT2D eigenvalue weighted by atomic mass is 35.5. The van der Waals surface area contributed by atoms with Gasteiger partial charge in [-0.2, -0.15) is 0 Å². The third kappa shape index (κ3) is 5.66. The lowest BCUT2D eigenvalue weighted by atomic mass is 10.0. The number of nitrogens with one attached hydrogen (secondary N) is 1. The van der Waals surface area contributed by atoms with Crippen LogP contribution in [0.15, 0.2) is 59.5 Å². The molecule has 1 unspecified atom stereocenters. The molecule has 1 aromatic heterocycles. The van der Waals surface area contributed by atoms with Crippen molar-refractivity contribution in [1.82, 2.24) is 5.32 Å². The third-order valence-electron chi connectivity index (χ3n) is 6.03. The van der Waals surface area contributed by atoms with Gasteiger partial charge in [-0.25, -0.2) is 8.42 Å². The van der Waals surface area contributed by atoms with Crippen molar-refractivity contribution in [1.29, 1.82) is 0 Å². The fourth-order valence-corrected chi connectivity index (χ4v) is 6.15. The summed E-state index contributed by atoms with van der Waals surface area (Å²) in [6, 6.07) is 15.3. The lowest BCUT2D eigenvalue weighted by Gasteiger charge is -2.33. The van der Waals surface area contributed by atoms with Crippen LogP contribution < -0.4 is 15.0 Å². The first-order chi connectivity index (χ1) is 17.2. The number of carbonyl (C=O) groups excluding carboxylic acids is 2. The Morgan fingerprint density at radius 3 is 2.75 bits per heavy atom. The van der Waals surface area contributed by atoms with Crippen molar-refractivity contribution >= 4 is 50.8 Å². The molecular formula is C25H25ClN2O6S2. The second-order valence-corrected chi connectivity index (χ2v) is 12.1. The van der Waals surface area contributed by atoms with Gasteiger partial charge in [0.2, 0.25) is 0 Å². The molecule has 0 bridgehead atoms. The van der Waals surface area contributed by atoms with E-state index in [1.54, 1.807) is 36.4 Å². The summed E-state index contributed by atoms with van der Waals surface area (Å²) in [5, 5.41) is 2.81. The lowest BCUT2D eigenvalue weighted by Crippen LogP contribution is -2.48. The molecule has 1 aliphatic rings. The summed E-state index contributed by atoms with van der Waals surface area (Å²) in [5.74, 6) is 0.288. The topological polar surface area (TPSA) is 102 Å². The molecular weight excluding hydrogens is 524 g/mol. The second-order valence-electron chi connectivity index (χ2n) is 8.35. The molecule has 2 heterocycles. The summed E-state index contributed by atoms with van der Waals surface area (Å²) < 4.78 is 36.5. The number of anilines is 1. The van der Waals surface area contributed by atoms with Gasteiger partial charge in [0.1, 0.15) is 11.9 Å². The van der Waals surface area contributed by atoms with Crippen LogP contribution in [0.1, 0.15) is 16.1 Å². The van der Waals surface area contributed by atoms with Gasteiger partial charge < -0.3 is 19.7 Å². The smallest absolute Gasteiger partial charge is 0.293 e. The molecule has 2 atom stereocenters. The number of hydrogen-bond donors (Lipinski definition) is 1. The van der Waals surface area contributed by atoms with Crippen LogP contribution in [-0.2, 0) is 19.4 Å². The minimum absolute atomic E-state index is 0.108. The van der Waals surface area contributed by atoms with Crippen molar-refractivity contribution in [3.63, 3.8) is 0 Å². The summed E-state index contributed by atoms with van der Waals surface area (Å²) >= 11 is 7.09. The van der Waals surface area contributed by atoms with Crippen molar-refractivity contribution in [2.45, 2.75) is 23.5 Å². The van der Waals surface area contributed by atoms with E-state index in [0.29, 0.717) is 45.6 Å². The number of rotatable bonds is 8. The quantitative estimate of drug-likeness (QED) is 0.424. The SMILES string of the molecule is CN1c2ccc(-c3ccccc3S(C)(=O)=O)cc2OCC[C@H]1C(CNC(=O)c1ccc(Cl)s1)OC=O. The first-order valence-electron chi connectivity index (χ1n) is 11.1. The zero-order valence-corrected chi connectivity index (χ0v) is 22.0. The van der Waals surface area contributed by atoms with Crippen LogP contribution in [0.4, 0.5) is 5.69 Å². The number of thiophene rings is 1. The number of ether oxygens (including phenoxy) is 2. The first kappa shape index (κ1) is 26.0. The van der Waals surface area contributed by atoms with Crippen LogP contribution in [0.5, 0.6) is 5.75 Å². The monoisotopic (exact) mass is 548 g/mol. The molecule has 0 saturated carbocycles. The number of nitrogens with zero attached hydrogens (tertiary/aromatic N) is 1. The predicted molar refractivity (Wildman–Crippen MR) is 140 cm³/mol. The van der Waals surface area contributed by atoms with Gasteiger partial charge >= 0.3 is 0 Å². The largest absolute Gasteiger partial charge is 0.491 e. The summed E-state index contributed by atoms with van der Waals surface area (Å²) in [7, 11) is -1.56. The maximum atomic E-state index is 12.5. The Balaban J connectivity index is 1.58. The van der Waals surface area contributed by atoms with E-state index >= 15 is 0 Å². The third-order valence-corrected chi connectivity index (χ3v) is 8.41. The number of hydrogen-bond acceptors (Lipinski definition) is 8. The molecule has 190 valence electrons. The molecule has 4 rings (SSSR count). The number of sulfone groups is 1. The molecule has 1 aliphatic heterocycles. The van der Waals surface area contributed by atoms with Crippen molar-refractivity contribution < 1.29 is 27.5 Å². The molecule has 11 heteroatoms. The zero-order valence-electron chi connectivity index (χ0n) is 19.6. The molecule has 0 fully saturated rings. The van der Waals surface area contributed by atoms with Gasteiger partial charge in [0.05, 0.1) is 39.0 Å². The average Bonchev–Trinajstić information content (AvgIpc) is 3.22. The van der Waals surface area contributed by atoms with E-state index in [0.717, 1.165) is 5.69 Å². The maximum Gasteiger partial charge on any atom is 0.293 e. The summed E-state index contributed by atoms with van der Waals surface area (Å²) in [5.41, 5.74) is 2.06. The fraction of sp³-hybridized carbons (Fsp3) is 0.280. The van der Waals surface area contributed by atoms with Gasteiger partial charge in [0.15, 0.2) is 9.84 Å². The lowest BCUT2D eigenvalue weighted by molar-refractivity contribution is -0.134. The van der Waals surface area contributed by atoms with Crippen LogP contribution >= 0.6 is 22.9 Å². The Morgan fingerprint density at radius 1 is 1.28 bits per heavy atom. The number of amides is 1. The Morgan fingerprint density at radius 2 is 2.06 bits per heavy atom. The van der Waals surface area contributed by atoms with E-state index in [1.165, 1.54) is 17.6 Å². The van der Waals surface area contributed by atoms with Crippen molar-refractivity contribution in [2.24, 2.45) is 0 Å². The van der Waals surface area contributed by atoms with Gasteiger partial charge in [0, 0.05) is 25.3 Å². The van der Waals surface area contributed by atoms with E-state index in [-0.39, 0.29) is 23.4 Å². The van der Waals surface area contributed by atoms with Crippen LogP contribution in [0.25, 0.3) is 11.1 Å². The number of fused-ring (bicyclic) bond motifs is 1. The van der Waals surface area contributed by atoms with Crippen molar-refractivity contribution in [2.75, 3.05) is 31.4 Å². The Bertz CT molecular complexity index is 1370. The van der Waals surface area contributed by atoms with E-state index in [1.807, 2.05) is 30.1 Å². The van der Waals surface area contributed by atoms with Gasteiger partial charge in [-0.15, -0.1) is 11.3 Å². The van der Waals surface area contributed by atoms with Crippen molar-refractivity contribution in [3.05, 3.63) is 63.8 Å². The van der Waals surface area contributed by atoms with Crippen molar-refractivity contribution in [3.8, 4) is 16.9 Å². The molecule has 0 spiro atoms. The maximum absolute atomic E-state index is 12.5. The normalized spacial score (nSPS) is 16.3. The minimum Gasteiger partial charge on any atom is -0.491 e. The molecule has 0 radical (unpaired) electrons. The second kappa shape index (κ2) is 10.9. The highest BCUT2D eigenvalue weighted by molar-refractivity contribution is 7.90. The molecule has 1 N–H and O–H groups in total. The van der Waals surface area contributed by atoms with Crippen LogP contribution in [0, 0.1) is 0 Å². The van der Waals surface area contributed by atoms with Crippen LogP contribution in [0.3, 0.4) is 0 Å². The number of likely N-dealkylation sites (N-methyl/N-ethyl adjacent to an activating group) is 1. The molecule has 3 aromatic rings. The van der Waals surface area contributed by atoms with Gasteiger partial charge in [-0.3, -0.25) is 9.59 Å². The standard InChI is InChI=1S/C25H25ClN2O6S2/c1-28-18-8-7-16(17-5-3-4-6-23(17)36(2,31)32)13-20(18)33-12-11-19(28)21(34-15-29)14-27-25(30)22-9-10-24(26)35-22/h3-10,13,15,19,21H,11-12,14H2,1-2H3,(H,27,30)/t19-,21?/m0/s1. The molecule has 0 aliphatic carbocycles. The van der Waals surface area contributed by atoms with E-state index in [2.05, 4.69) is 5.32 Å². The Hall–Kier alpha value is -3.08. The van der Waals surface area contributed by atoms with E-state index in [9.17, 15) is 18.0 Å². The van der Waals surface area contributed by atoms with Gasteiger partial charge in [0.25, 0.3) is 12.4 Å². The van der Waals surface area contributed by atoms with Crippen LogP contribution in [0.2, 0.25) is 4.34 Å². The number of benzene rings is 2. The highest BCUT2D eigenvalue weighted by Gasteiger charge is 2.32. The molecule has 8 nitrogen and oxygen atoms in total. The Kier molecular flexibility index (Phi) is 7.87. The van der Waals surface area contributed by atoms with Gasteiger partial charge in [-0.05, 0) is 35.9 Å². The number of carbonyl (C=O) groups is 2. The number of halogens is 1. The summed E-state index contributed by atoms with van der Waals surface area (Å²) in [6.45, 7) is 0.828. The van der Waals surface area contributed by atoms with E-state index < -0.39 is 15.9 Å². The molecule has 2 aromatic carbocycles. The predicted octanol–water partition coefficient (Wildman–Crippen LogP) is 4.03. The highest BCUT2D eigenvalue weighted by Crippen LogP contribution is 2.38.